The number of rotatable bonds is 3. The molecule has 0 unspecified atom stereocenters. The summed E-state index contributed by atoms with van der Waals surface area (Å²) in [6.07, 6.45) is 0. The Morgan fingerprint density at radius 1 is 0.769 bits per heavy atom. The minimum absolute atomic E-state index is 0.641. The van der Waals surface area contributed by atoms with Crippen LogP contribution >= 0.6 is 27.5 Å². The minimum Gasteiger partial charge on any atom is -0.496 e. The number of benzene rings is 4. The van der Waals surface area contributed by atoms with Crippen LogP contribution in [0.15, 0.2) is 65.1 Å². The van der Waals surface area contributed by atoms with Crippen molar-refractivity contribution in [2.45, 2.75) is 0 Å². The molecule has 4 aromatic rings. The Morgan fingerprint density at radius 2 is 1.50 bits per heavy atom. The third-order valence-electron chi connectivity index (χ3n) is 4.63. The standard InChI is InChI=1S/C22H16BrClO2/c1-25-19-11-9-17-15(4-3-5-18(17)21(19)23)13-6-8-16-14(12-13)7-10-20(26-2)22(16)24/h3-12H,1-2H3. The molecule has 0 atom stereocenters. The van der Waals surface area contributed by atoms with Gasteiger partial charge in [-0.2, -0.15) is 0 Å². The van der Waals surface area contributed by atoms with Crippen LogP contribution in [0.25, 0.3) is 32.7 Å². The van der Waals surface area contributed by atoms with Gasteiger partial charge in [0.15, 0.2) is 0 Å². The van der Waals surface area contributed by atoms with Crippen molar-refractivity contribution in [3.05, 3.63) is 70.2 Å². The quantitative estimate of drug-likeness (QED) is 0.347. The van der Waals surface area contributed by atoms with Gasteiger partial charge in [-0.05, 0) is 62.1 Å². The number of hydrogen-bond acceptors (Lipinski definition) is 2. The zero-order valence-electron chi connectivity index (χ0n) is 14.3. The fourth-order valence-electron chi connectivity index (χ4n) is 3.31. The number of halogens is 2. The molecule has 0 aromatic heterocycles. The molecule has 4 aromatic carbocycles. The molecule has 2 nitrogen and oxygen atoms in total. The highest BCUT2D eigenvalue weighted by Crippen LogP contribution is 2.39. The molecule has 4 heteroatoms. The summed E-state index contributed by atoms with van der Waals surface area (Å²) < 4.78 is 11.7. The Morgan fingerprint density at radius 3 is 2.27 bits per heavy atom. The van der Waals surface area contributed by atoms with Crippen molar-refractivity contribution in [1.29, 1.82) is 0 Å². The van der Waals surface area contributed by atoms with Gasteiger partial charge in [0.05, 0.1) is 23.7 Å². The average molecular weight is 428 g/mol. The SMILES string of the molecule is COc1ccc2cc(-c3cccc4c(Br)c(OC)ccc34)ccc2c1Cl. The lowest BCUT2D eigenvalue weighted by Crippen LogP contribution is -1.88. The lowest BCUT2D eigenvalue weighted by Gasteiger charge is -2.12. The first-order valence-electron chi connectivity index (χ1n) is 8.16. The molecule has 0 heterocycles. The second-order valence-electron chi connectivity index (χ2n) is 6.00. The predicted octanol–water partition coefficient (Wildman–Crippen LogP) is 7.09. The maximum atomic E-state index is 6.44. The summed E-state index contributed by atoms with van der Waals surface area (Å²) in [7, 11) is 3.31. The number of hydrogen-bond donors (Lipinski definition) is 0. The second kappa shape index (κ2) is 6.82. The Kier molecular flexibility index (Phi) is 4.51. The van der Waals surface area contributed by atoms with E-state index in [1.54, 1.807) is 14.2 Å². The van der Waals surface area contributed by atoms with Gasteiger partial charge in [-0.1, -0.05) is 48.0 Å². The van der Waals surface area contributed by atoms with E-state index >= 15 is 0 Å². The van der Waals surface area contributed by atoms with Gasteiger partial charge < -0.3 is 9.47 Å². The Labute approximate surface area is 165 Å². The monoisotopic (exact) mass is 426 g/mol. The van der Waals surface area contributed by atoms with Gasteiger partial charge in [0.25, 0.3) is 0 Å². The van der Waals surface area contributed by atoms with Crippen molar-refractivity contribution in [2.75, 3.05) is 14.2 Å². The molecule has 0 spiro atoms. The van der Waals surface area contributed by atoms with Gasteiger partial charge in [0, 0.05) is 10.8 Å². The molecule has 0 fully saturated rings. The van der Waals surface area contributed by atoms with Gasteiger partial charge >= 0.3 is 0 Å². The van der Waals surface area contributed by atoms with Crippen LogP contribution in [0, 0.1) is 0 Å². The second-order valence-corrected chi connectivity index (χ2v) is 7.17. The van der Waals surface area contributed by atoms with Crippen LogP contribution in [0.1, 0.15) is 0 Å². The molecule has 0 aliphatic carbocycles. The lowest BCUT2D eigenvalue weighted by atomic mass is 9.96. The van der Waals surface area contributed by atoms with E-state index in [4.69, 9.17) is 21.1 Å². The average Bonchev–Trinajstić information content (AvgIpc) is 2.68. The molecule has 0 aliphatic heterocycles. The normalized spacial score (nSPS) is 11.1. The molecule has 0 aliphatic rings. The first-order chi connectivity index (χ1) is 12.6. The summed E-state index contributed by atoms with van der Waals surface area (Å²) in [6, 6.07) is 20.6. The van der Waals surface area contributed by atoms with Crippen LogP contribution in [-0.2, 0) is 0 Å². The number of methoxy groups -OCH3 is 2. The van der Waals surface area contributed by atoms with E-state index in [9.17, 15) is 0 Å². The highest BCUT2D eigenvalue weighted by atomic mass is 79.9. The van der Waals surface area contributed by atoms with E-state index in [-0.39, 0.29) is 0 Å². The first-order valence-corrected chi connectivity index (χ1v) is 9.33. The van der Waals surface area contributed by atoms with Crippen LogP contribution < -0.4 is 9.47 Å². The van der Waals surface area contributed by atoms with E-state index in [2.05, 4.69) is 52.3 Å². The van der Waals surface area contributed by atoms with E-state index in [0.29, 0.717) is 10.8 Å². The fraction of sp³-hybridized carbons (Fsp3) is 0.0909. The molecule has 130 valence electrons. The van der Waals surface area contributed by atoms with Crippen LogP contribution in [0.3, 0.4) is 0 Å². The summed E-state index contributed by atoms with van der Waals surface area (Å²) in [5, 5.41) is 4.99. The summed E-state index contributed by atoms with van der Waals surface area (Å²) in [5.74, 6) is 1.51. The fourth-order valence-corrected chi connectivity index (χ4v) is 4.26. The zero-order chi connectivity index (χ0) is 18.3. The molecule has 0 amide bonds. The van der Waals surface area contributed by atoms with Gasteiger partial charge in [-0.3, -0.25) is 0 Å². The minimum atomic E-state index is 0.641. The lowest BCUT2D eigenvalue weighted by molar-refractivity contribution is 0.413. The molecule has 0 saturated carbocycles. The summed E-state index contributed by atoms with van der Waals surface area (Å²) in [6.45, 7) is 0. The van der Waals surface area contributed by atoms with Crippen molar-refractivity contribution in [3.63, 3.8) is 0 Å². The molecule has 26 heavy (non-hydrogen) atoms. The zero-order valence-corrected chi connectivity index (χ0v) is 16.7. The highest BCUT2D eigenvalue weighted by Gasteiger charge is 2.11. The molecular formula is C22H16BrClO2. The largest absolute Gasteiger partial charge is 0.496 e. The topological polar surface area (TPSA) is 18.5 Å². The Hall–Kier alpha value is -2.23. The van der Waals surface area contributed by atoms with Crippen molar-refractivity contribution < 1.29 is 9.47 Å². The first kappa shape index (κ1) is 17.2. The Balaban J connectivity index is 1.94. The molecular weight excluding hydrogens is 412 g/mol. The van der Waals surface area contributed by atoms with Crippen molar-refractivity contribution in [2.24, 2.45) is 0 Å². The molecule has 4 rings (SSSR count). The van der Waals surface area contributed by atoms with Crippen LogP contribution in [0.5, 0.6) is 11.5 Å². The van der Waals surface area contributed by atoms with Gasteiger partial charge in [-0.15, -0.1) is 0 Å². The summed E-state index contributed by atoms with van der Waals surface area (Å²) >= 11 is 10.1. The third kappa shape index (κ3) is 2.72. The van der Waals surface area contributed by atoms with E-state index < -0.39 is 0 Å². The third-order valence-corrected chi connectivity index (χ3v) is 5.84. The molecule has 0 N–H and O–H groups in total. The van der Waals surface area contributed by atoms with Gasteiger partial charge in [-0.25, -0.2) is 0 Å². The highest BCUT2D eigenvalue weighted by molar-refractivity contribution is 9.10. The molecule has 0 radical (unpaired) electrons. The predicted molar refractivity (Wildman–Crippen MR) is 113 cm³/mol. The smallest absolute Gasteiger partial charge is 0.138 e. The van der Waals surface area contributed by atoms with E-state index in [0.717, 1.165) is 31.9 Å². The number of ether oxygens (including phenoxy) is 2. The van der Waals surface area contributed by atoms with Crippen LogP contribution in [-0.4, -0.2) is 14.2 Å². The van der Waals surface area contributed by atoms with Crippen molar-refractivity contribution in [3.8, 4) is 22.6 Å². The maximum Gasteiger partial charge on any atom is 0.138 e. The molecule has 0 saturated heterocycles. The van der Waals surface area contributed by atoms with E-state index in [1.165, 1.54) is 10.9 Å². The molecule has 0 bridgehead atoms. The van der Waals surface area contributed by atoms with Gasteiger partial charge in [0.1, 0.15) is 11.5 Å². The van der Waals surface area contributed by atoms with Crippen LogP contribution in [0.2, 0.25) is 5.02 Å². The van der Waals surface area contributed by atoms with Crippen molar-refractivity contribution in [1.82, 2.24) is 0 Å². The van der Waals surface area contributed by atoms with Crippen LogP contribution in [0.4, 0.5) is 0 Å². The number of fused-ring (bicyclic) bond motifs is 2. The maximum absolute atomic E-state index is 6.44. The van der Waals surface area contributed by atoms with Crippen molar-refractivity contribution >= 4 is 49.1 Å². The van der Waals surface area contributed by atoms with E-state index in [1.807, 2.05) is 24.3 Å². The van der Waals surface area contributed by atoms with Gasteiger partial charge in [0.2, 0.25) is 0 Å². The summed E-state index contributed by atoms with van der Waals surface area (Å²) in [4.78, 5) is 0. The summed E-state index contributed by atoms with van der Waals surface area (Å²) in [5.41, 5.74) is 2.31. The Bertz CT molecular complexity index is 1140.